The summed E-state index contributed by atoms with van der Waals surface area (Å²) in [7, 11) is 0. The first kappa shape index (κ1) is 12.9. The molecule has 1 aromatic heterocycles. The number of benzene rings is 2. The molecule has 0 radical (unpaired) electrons. The van der Waals surface area contributed by atoms with E-state index in [1.54, 1.807) is 13.0 Å². The third kappa shape index (κ3) is 2.58. The number of anilines is 1. The number of aryl methyl sites for hydroxylation is 1. The number of amides is 1. The second-order valence-electron chi connectivity index (χ2n) is 4.45. The maximum absolute atomic E-state index is 12.1. The molecule has 0 spiro atoms. The number of carbonyl (C=O) groups is 1. The van der Waals surface area contributed by atoms with Crippen molar-refractivity contribution in [3.8, 4) is 0 Å². The molecule has 0 aliphatic carbocycles. The van der Waals surface area contributed by atoms with Crippen molar-refractivity contribution in [3.05, 3.63) is 58.4 Å². The highest BCUT2D eigenvalue weighted by Crippen LogP contribution is 2.21. The van der Waals surface area contributed by atoms with Gasteiger partial charge in [0.1, 0.15) is 6.26 Å². The number of aromatic nitrogens is 1. The van der Waals surface area contributed by atoms with Crippen LogP contribution in [0.1, 0.15) is 16.1 Å². The highest BCUT2D eigenvalue weighted by atomic mass is 79.9. The molecule has 0 bridgehead atoms. The van der Waals surface area contributed by atoms with Crippen LogP contribution in [0.4, 0.5) is 6.01 Å². The van der Waals surface area contributed by atoms with Crippen molar-refractivity contribution in [3.63, 3.8) is 0 Å². The normalized spacial score (nSPS) is 10.7. The lowest BCUT2D eigenvalue weighted by molar-refractivity contribution is 0.102. The summed E-state index contributed by atoms with van der Waals surface area (Å²) in [4.78, 5) is 16.2. The Balaban J connectivity index is 1.89. The van der Waals surface area contributed by atoms with E-state index in [0.717, 1.165) is 20.9 Å². The van der Waals surface area contributed by atoms with Crippen molar-refractivity contribution in [2.24, 2.45) is 0 Å². The van der Waals surface area contributed by atoms with E-state index in [9.17, 15) is 4.79 Å². The maximum Gasteiger partial charge on any atom is 0.301 e. The first-order valence-corrected chi connectivity index (χ1v) is 6.84. The van der Waals surface area contributed by atoms with Gasteiger partial charge in [-0.15, -0.1) is 0 Å². The van der Waals surface area contributed by atoms with Crippen LogP contribution in [0, 0.1) is 6.92 Å². The molecule has 0 unspecified atom stereocenters. The van der Waals surface area contributed by atoms with Crippen LogP contribution < -0.4 is 5.32 Å². The van der Waals surface area contributed by atoms with E-state index in [1.807, 2.05) is 30.3 Å². The minimum absolute atomic E-state index is 0.211. The summed E-state index contributed by atoms with van der Waals surface area (Å²) in [5.41, 5.74) is 1.29. The highest BCUT2D eigenvalue weighted by Gasteiger charge is 2.10. The van der Waals surface area contributed by atoms with Crippen molar-refractivity contribution < 1.29 is 9.21 Å². The Morgan fingerprint density at radius 2 is 1.95 bits per heavy atom. The first-order chi connectivity index (χ1) is 9.61. The van der Waals surface area contributed by atoms with Crippen molar-refractivity contribution in [1.29, 1.82) is 0 Å². The molecular weight excluding hydrogens is 320 g/mol. The van der Waals surface area contributed by atoms with Crippen LogP contribution >= 0.6 is 15.9 Å². The topological polar surface area (TPSA) is 55.1 Å². The summed E-state index contributed by atoms with van der Waals surface area (Å²) in [6, 6.07) is 11.7. The predicted octanol–water partition coefficient (Wildman–Crippen LogP) is 4.15. The minimum atomic E-state index is -0.239. The molecule has 3 rings (SSSR count). The number of nitrogens with one attached hydrogen (secondary N) is 1. The Morgan fingerprint density at radius 3 is 2.70 bits per heavy atom. The van der Waals surface area contributed by atoms with Crippen LogP contribution in [0.25, 0.3) is 10.8 Å². The molecule has 0 aliphatic rings. The average molecular weight is 331 g/mol. The molecule has 2 aromatic carbocycles. The molecule has 20 heavy (non-hydrogen) atoms. The number of rotatable bonds is 2. The number of fused-ring (bicyclic) bond motifs is 1. The summed E-state index contributed by atoms with van der Waals surface area (Å²) >= 11 is 3.43. The lowest BCUT2D eigenvalue weighted by Crippen LogP contribution is -2.11. The van der Waals surface area contributed by atoms with Gasteiger partial charge in [-0.25, -0.2) is 0 Å². The molecular formula is C15H11BrN2O2. The molecule has 1 heterocycles. The number of hydrogen-bond acceptors (Lipinski definition) is 3. The van der Waals surface area contributed by atoms with Gasteiger partial charge in [-0.2, -0.15) is 4.98 Å². The summed E-state index contributed by atoms with van der Waals surface area (Å²) in [6.07, 6.45) is 1.49. The Bertz CT molecular complexity index is 795. The Hall–Kier alpha value is -2.14. The van der Waals surface area contributed by atoms with E-state index >= 15 is 0 Å². The number of nitrogens with zero attached hydrogens (tertiary/aromatic N) is 1. The Labute approximate surface area is 123 Å². The van der Waals surface area contributed by atoms with Crippen LogP contribution in [0.5, 0.6) is 0 Å². The van der Waals surface area contributed by atoms with Crippen molar-refractivity contribution >= 4 is 38.6 Å². The zero-order chi connectivity index (χ0) is 14.1. The molecule has 100 valence electrons. The highest BCUT2D eigenvalue weighted by molar-refractivity contribution is 9.10. The number of oxazole rings is 1. The smallest absolute Gasteiger partial charge is 0.301 e. The molecule has 1 amide bonds. The van der Waals surface area contributed by atoms with Gasteiger partial charge in [0.05, 0.1) is 5.69 Å². The van der Waals surface area contributed by atoms with Crippen LogP contribution in [0.15, 0.2) is 51.6 Å². The lowest BCUT2D eigenvalue weighted by atomic mass is 10.1. The number of hydrogen-bond donors (Lipinski definition) is 1. The fourth-order valence-electron chi connectivity index (χ4n) is 1.94. The van der Waals surface area contributed by atoms with Crippen LogP contribution in [-0.2, 0) is 0 Å². The summed E-state index contributed by atoms with van der Waals surface area (Å²) in [6.45, 7) is 1.80. The molecule has 0 saturated carbocycles. The molecule has 0 atom stereocenters. The average Bonchev–Trinajstić information content (AvgIpc) is 2.83. The van der Waals surface area contributed by atoms with Gasteiger partial charge >= 0.3 is 6.01 Å². The van der Waals surface area contributed by atoms with E-state index in [0.29, 0.717) is 5.56 Å². The molecule has 3 aromatic rings. The zero-order valence-corrected chi connectivity index (χ0v) is 12.3. The van der Waals surface area contributed by atoms with E-state index in [2.05, 4.69) is 26.2 Å². The van der Waals surface area contributed by atoms with Gasteiger partial charge in [0.2, 0.25) is 0 Å². The first-order valence-electron chi connectivity index (χ1n) is 6.04. The minimum Gasteiger partial charge on any atom is -0.432 e. The van der Waals surface area contributed by atoms with Gasteiger partial charge in [-0.05, 0) is 42.0 Å². The summed E-state index contributed by atoms with van der Waals surface area (Å²) < 4.78 is 6.12. The van der Waals surface area contributed by atoms with E-state index in [4.69, 9.17) is 4.42 Å². The summed E-state index contributed by atoms with van der Waals surface area (Å²) in [5.74, 6) is -0.239. The quantitative estimate of drug-likeness (QED) is 0.767. The van der Waals surface area contributed by atoms with Gasteiger partial charge in [0.25, 0.3) is 5.91 Å². The van der Waals surface area contributed by atoms with Gasteiger partial charge in [0, 0.05) is 10.0 Å². The van der Waals surface area contributed by atoms with E-state index in [-0.39, 0.29) is 11.9 Å². The summed E-state index contributed by atoms with van der Waals surface area (Å²) in [5, 5.41) is 4.71. The fourth-order valence-corrected chi connectivity index (χ4v) is 2.32. The Kier molecular flexibility index (Phi) is 3.28. The Morgan fingerprint density at radius 1 is 1.20 bits per heavy atom. The van der Waals surface area contributed by atoms with Crippen molar-refractivity contribution in [2.75, 3.05) is 5.32 Å². The van der Waals surface area contributed by atoms with Gasteiger partial charge in [-0.3, -0.25) is 10.1 Å². The van der Waals surface area contributed by atoms with Crippen molar-refractivity contribution in [2.45, 2.75) is 6.92 Å². The molecule has 0 aliphatic heterocycles. The second kappa shape index (κ2) is 5.09. The fraction of sp³-hybridized carbons (Fsp3) is 0.0667. The van der Waals surface area contributed by atoms with Crippen LogP contribution in [0.3, 0.4) is 0 Å². The monoisotopic (exact) mass is 330 g/mol. The largest absolute Gasteiger partial charge is 0.432 e. The second-order valence-corrected chi connectivity index (χ2v) is 5.37. The number of carbonyl (C=O) groups excluding carboxylic acids is 1. The third-order valence-electron chi connectivity index (χ3n) is 2.90. The third-order valence-corrected chi connectivity index (χ3v) is 3.40. The number of halogens is 1. The van der Waals surface area contributed by atoms with Crippen LogP contribution in [-0.4, -0.2) is 10.9 Å². The lowest BCUT2D eigenvalue weighted by Gasteiger charge is -2.04. The molecule has 1 N–H and O–H groups in total. The maximum atomic E-state index is 12.1. The van der Waals surface area contributed by atoms with Crippen LogP contribution in [0.2, 0.25) is 0 Å². The molecule has 0 saturated heterocycles. The predicted molar refractivity (Wildman–Crippen MR) is 80.8 cm³/mol. The molecule has 4 nitrogen and oxygen atoms in total. The molecule has 0 fully saturated rings. The van der Waals surface area contributed by atoms with Gasteiger partial charge in [0.15, 0.2) is 0 Å². The van der Waals surface area contributed by atoms with E-state index < -0.39 is 0 Å². The van der Waals surface area contributed by atoms with E-state index in [1.165, 1.54) is 6.26 Å². The zero-order valence-electron chi connectivity index (χ0n) is 10.7. The van der Waals surface area contributed by atoms with Gasteiger partial charge in [-0.1, -0.05) is 28.1 Å². The standard InChI is InChI=1S/C15H11BrN2O2/c1-9-8-20-15(17-9)18-14(19)12-3-2-11-7-13(16)5-4-10(11)6-12/h2-8H,1H3,(H,17,18,19). The van der Waals surface area contributed by atoms with Gasteiger partial charge < -0.3 is 4.42 Å². The molecule has 5 heteroatoms. The SMILES string of the molecule is Cc1coc(NC(=O)c2ccc3cc(Br)ccc3c2)n1. The van der Waals surface area contributed by atoms with Crippen molar-refractivity contribution in [1.82, 2.24) is 4.98 Å².